The Kier molecular flexibility index (Phi) is 5.85. The number of ether oxygens (including phenoxy) is 2. The van der Waals surface area contributed by atoms with Crippen molar-refractivity contribution in [1.82, 2.24) is 30.2 Å². The molecule has 3 amide bonds. The molecule has 2 aliphatic heterocycles. The monoisotopic (exact) mass is 486 g/mol. The second-order valence-electron chi connectivity index (χ2n) is 11.3. The zero-order valence-corrected chi connectivity index (χ0v) is 20.7. The number of alkyl carbamates (subject to hydrolysis) is 1. The summed E-state index contributed by atoms with van der Waals surface area (Å²) in [7, 11) is 0. The number of nitrogens with zero attached hydrogens (tertiary/aromatic N) is 5. The molecule has 1 aromatic rings. The molecule has 3 aliphatic carbocycles. The molecule has 1 N–H and O–H groups in total. The van der Waals surface area contributed by atoms with Crippen molar-refractivity contribution in [2.24, 2.45) is 5.41 Å². The van der Waals surface area contributed by atoms with Crippen molar-refractivity contribution in [2.45, 2.75) is 57.2 Å². The van der Waals surface area contributed by atoms with Gasteiger partial charge in [-0.15, -0.1) is 5.10 Å². The third-order valence-corrected chi connectivity index (χ3v) is 7.47. The number of hydrogen-bond acceptors (Lipinski definition) is 8. The lowest BCUT2D eigenvalue weighted by Gasteiger charge is -2.69. The zero-order chi connectivity index (χ0) is 24.8. The summed E-state index contributed by atoms with van der Waals surface area (Å²) in [5.41, 5.74) is -1.19. The van der Waals surface area contributed by atoms with Gasteiger partial charge in [0.05, 0.1) is 5.41 Å². The maximum atomic E-state index is 13.4. The summed E-state index contributed by atoms with van der Waals surface area (Å²) in [6.07, 6.45) is 3.16. The van der Waals surface area contributed by atoms with Crippen molar-refractivity contribution in [3.63, 3.8) is 0 Å². The molecule has 0 aromatic carbocycles. The average Bonchev–Trinajstić information content (AvgIpc) is 2.77. The van der Waals surface area contributed by atoms with Gasteiger partial charge in [0.15, 0.2) is 6.61 Å². The van der Waals surface area contributed by atoms with E-state index in [2.05, 4.69) is 20.4 Å². The van der Waals surface area contributed by atoms with Crippen LogP contribution in [0.3, 0.4) is 0 Å². The Labute approximate surface area is 205 Å². The highest BCUT2D eigenvalue weighted by Crippen LogP contribution is 2.68. The van der Waals surface area contributed by atoms with Crippen LogP contribution >= 0.6 is 0 Å². The molecule has 35 heavy (non-hydrogen) atoms. The molecule has 3 heterocycles. The van der Waals surface area contributed by atoms with Crippen molar-refractivity contribution in [3.8, 4) is 5.88 Å². The van der Waals surface area contributed by atoms with E-state index in [1.54, 1.807) is 18.3 Å². The van der Waals surface area contributed by atoms with E-state index < -0.39 is 11.7 Å². The quantitative estimate of drug-likeness (QED) is 0.645. The summed E-state index contributed by atoms with van der Waals surface area (Å²) >= 11 is 0. The standard InChI is InChI=1S/C24H34N6O5/c1-22(2,3)35-21(33)26-24-14-23(15-24,16-24)20(32)30-10-8-28-7-9-29(11-17(28)12-30)19(31)13-34-18-5-4-6-25-27-18/h4-6,17H,7-16H2,1-3H3,(H,26,33). The van der Waals surface area contributed by atoms with Crippen LogP contribution in [0.25, 0.3) is 0 Å². The summed E-state index contributed by atoms with van der Waals surface area (Å²) in [4.78, 5) is 44.4. The largest absolute Gasteiger partial charge is 0.466 e. The Bertz CT molecular complexity index is 976. The van der Waals surface area contributed by atoms with Gasteiger partial charge < -0.3 is 24.6 Å². The van der Waals surface area contributed by atoms with Gasteiger partial charge in [0.2, 0.25) is 11.8 Å². The van der Waals surface area contributed by atoms with Crippen molar-refractivity contribution in [1.29, 1.82) is 0 Å². The minimum atomic E-state index is -0.544. The average molecular weight is 487 g/mol. The Balaban J connectivity index is 1.11. The number of amides is 3. The van der Waals surface area contributed by atoms with Gasteiger partial charge in [0, 0.05) is 63.1 Å². The molecule has 0 spiro atoms. The molecule has 0 radical (unpaired) electrons. The van der Waals surface area contributed by atoms with E-state index in [1.807, 2.05) is 30.6 Å². The lowest BCUT2D eigenvalue weighted by atomic mass is 9.39. The highest BCUT2D eigenvalue weighted by atomic mass is 16.6. The van der Waals surface area contributed by atoms with E-state index in [4.69, 9.17) is 9.47 Å². The fraction of sp³-hybridized carbons (Fsp3) is 0.708. The first-order valence-corrected chi connectivity index (χ1v) is 12.3. The van der Waals surface area contributed by atoms with Gasteiger partial charge in [-0.1, -0.05) is 0 Å². The summed E-state index contributed by atoms with van der Waals surface area (Å²) in [5.74, 6) is 0.416. The highest BCUT2D eigenvalue weighted by Gasteiger charge is 2.73. The molecule has 2 saturated heterocycles. The second-order valence-corrected chi connectivity index (χ2v) is 11.3. The van der Waals surface area contributed by atoms with Gasteiger partial charge >= 0.3 is 6.09 Å². The first-order valence-electron chi connectivity index (χ1n) is 12.3. The van der Waals surface area contributed by atoms with E-state index in [0.29, 0.717) is 51.3 Å². The minimum absolute atomic E-state index is 0.0795. The van der Waals surface area contributed by atoms with E-state index in [1.165, 1.54) is 0 Å². The van der Waals surface area contributed by atoms with E-state index in [0.717, 1.165) is 13.1 Å². The summed E-state index contributed by atoms with van der Waals surface area (Å²) in [5, 5.41) is 10.6. The summed E-state index contributed by atoms with van der Waals surface area (Å²) in [6, 6.07) is 3.49. The van der Waals surface area contributed by atoms with Crippen LogP contribution in [0.2, 0.25) is 0 Å². The number of aromatic nitrogens is 2. The Morgan fingerprint density at radius 3 is 2.43 bits per heavy atom. The number of piperazine rings is 2. The molecular formula is C24H34N6O5. The number of fused-ring (bicyclic) bond motifs is 1. The minimum Gasteiger partial charge on any atom is -0.466 e. The second kappa shape index (κ2) is 8.61. The summed E-state index contributed by atoms with van der Waals surface area (Å²) in [6.45, 7) is 9.57. The van der Waals surface area contributed by atoms with Gasteiger partial charge in [0.1, 0.15) is 5.60 Å². The Morgan fingerprint density at radius 2 is 1.77 bits per heavy atom. The fourth-order valence-electron chi connectivity index (χ4n) is 5.96. The SMILES string of the molecule is CC(C)(C)OC(=O)NC12CC(C(=O)N3CCN4CCN(C(=O)COc5cccnn5)CC4C3)(C1)C2. The first kappa shape index (κ1) is 23.8. The molecule has 1 unspecified atom stereocenters. The fourth-order valence-corrected chi connectivity index (χ4v) is 5.96. The predicted molar refractivity (Wildman–Crippen MR) is 124 cm³/mol. The van der Waals surface area contributed by atoms with Crippen LogP contribution in [-0.4, -0.2) is 106 Å². The van der Waals surface area contributed by atoms with E-state index >= 15 is 0 Å². The lowest BCUT2D eigenvalue weighted by molar-refractivity contribution is -0.193. The van der Waals surface area contributed by atoms with Gasteiger partial charge in [-0.2, -0.15) is 5.10 Å². The molecule has 5 aliphatic rings. The van der Waals surface area contributed by atoms with Crippen molar-refractivity contribution in [2.75, 3.05) is 45.9 Å². The van der Waals surface area contributed by atoms with Gasteiger partial charge in [0.25, 0.3) is 5.91 Å². The van der Waals surface area contributed by atoms with Crippen LogP contribution in [0.15, 0.2) is 18.3 Å². The van der Waals surface area contributed by atoms with Crippen LogP contribution in [-0.2, 0) is 14.3 Å². The molecule has 11 nitrogen and oxygen atoms in total. The summed E-state index contributed by atoms with van der Waals surface area (Å²) < 4.78 is 10.8. The zero-order valence-electron chi connectivity index (χ0n) is 20.7. The molecule has 1 aromatic heterocycles. The van der Waals surface area contributed by atoms with Crippen LogP contribution in [0, 0.1) is 5.41 Å². The number of hydrogen-bond donors (Lipinski definition) is 1. The number of rotatable bonds is 5. The predicted octanol–water partition coefficient (Wildman–Crippen LogP) is 0.658. The molecule has 1 atom stereocenters. The number of nitrogens with one attached hydrogen (secondary N) is 1. The molecule has 6 rings (SSSR count). The number of carbonyl (C=O) groups is 3. The molecule has 3 saturated carbocycles. The Hall–Kier alpha value is -2.95. The lowest BCUT2D eigenvalue weighted by Crippen LogP contribution is -2.79. The molecule has 11 heteroatoms. The van der Waals surface area contributed by atoms with Crippen LogP contribution in [0.5, 0.6) is 5.88 Å². The highest BCUT2D eigenvalue weighted by molar-refractivity contribution is 5.88. The van der Waals surface area contributed by atoms with Crippen LogP contribution in [0.4, 0.5) is 4.79 Å². The van der Waals surface area contributed by atoms with Gasteiger partial charge in [-0.3, -0.25) is 14.5 Å². The maximum absolute atomic E-state index is 13.4. The van der Waals surface area contributed by atoms with Crippen molar-refractivity contribution in [3.05, 3.63) is 18.3 Å². The van der Waals surface area contributed by atoms with Crippen molar-refractivity contribution < 1.29 is 23.9 Å². The smallest absolute Gasteiger partial charge is 0.408 e. The first-order chi connectivity index (χ1) is 16.6. The topological polar surface area (TPSA) is 117 Å². The van der Waals surface area contributed by atoms with Gasteiger partial charge in [-0.25, -0.2) is 4.79 Å². The van der Waals surface area contributed by atoms with Crippen LogP contribution < -0.4 is 10.1 Å². The number of carbonyl (C=O) groups excluding carboxylic acids is 3. The Morgan fingerprint density at radius 1 is 1.09 bits per heavy atom. The van der Waals surface area contributed by atoms with Crippen LogP contribution in [0.1, 0.15) is 40.0 Å². The third-order valence-electron chi connectivity index (χ3n) is 7.47. The molecule has 2 bridgehead atoms. The molecular weight excluding hydrogens is 452 g/mol. The maximum Gasteiger partial charge on any atom is 0.408 e. The van der Waals surface area contributed by atoms with E-state index in [9.17, 15) is 14.4 Å². The van der Waals surface area contributed by atoms with Gasteiger partial charge in [-0.05, 0) is 46.1 Å². The van der Waals surface area contributed by atoms with Crippen molar-refractivity contribution >= 4 is 17.9 Å². The molecule has 190 valence electrons. The normalized spacial score (nSPS) is 29.9. The van der Waals surface area contributed by atoms with E-state index in [-0.39, 0.29) is 35.4 Å². The molecule has 5 fully saturated rings. The third kappa shape index (κ3) is 4.78.